The highest BCUT2D eigenvalue weighted by Gasteiger charge is 2.25. The zero-order valence-electron chi connectivity index (χ0n) is 14.7. The monoisotopic (exact) mass is 331 g/mol. The molecule has 1 saturated heterocycles. The van der Waals surface area contributed by atoms with E-state index in [9.17, 15) is 9.59 Å². The van der Waals surface area contributed by atoms with E-state index in [1.54, 1.807) is 17.5 Å². The fourth-order valence-electron chi connectivity index (χ4n) is 3.26. The fourth-order valence-corrected chi connectivity index (χ4v) is 3.26. The number of rotatable bonds is 2. The quantitative estimate of drug-likeness (QED) is 0.774. The lowest BCUT2D eigenvalue weighted by Crippen LogP contribution is -2.40. The van der Waals surface area contributed by atoms with Crippen LogP contribution in [0.25, 0.3) is 5.65 Å². The predicted octanol–water partition coefficient (Wildman–Crippen LogP) is 1.33. The van der Waals surface area contributed by atoms with Gasteiger partial charge >= 0.3 is 0 Å². The van der Waals surface area contributed by atoms with Crippen LogP contribution >= 0.6 is 0 Å². The van der Waals surface area contributed by atoms with Gasteiger partial charge in [-0.25, -0.2) is 4.52 Å². The Hall–Kier alpha value is -2.15. The van der Waals surface area contributed by atoms with Gasteiger partial charge in [0.15, 0.2) is 0 Å². The molecule has 0 spiro atoms. The van der Waals surface area contributed by atoms with Crippen LogP contribution in [0.5, 0.6) is 0 Å². The van der Waals surface area contributed by atoms with Crippen molar-refractivity contribution in [1.82, 2.24) is 25.2 Å². The first-order chi connectivity index (χ1) is 11.3. The summed E-state index contributed by atoms with van der Waals surface area (Å²) in [5, 5.41) is 10.8. The second kappa shape index (κ2) is 6.05. The number of fused-ring (bicyclic) bond motifs is 1. The normalized spacial score (nSPS) is 16.5. The summed E-state index contributed by atoms with van der Waals surface area (Å²) in [6.07, 6.45) is 1.92. The molecule has 0 atom stereocenters. The molecule has 1 amide bonds. The summed E-state index contributed by atoms with van der Waals surface area (Å²) in [6.45, 7) is 9.43. The number of amides is 1. The predicted molar refractivity (Wildman–Crippen MR) is 92.6 cm³/mol. The molecule has 0 unspecified atom stereocenters. The largest absolute Gasteiger partial charge is 0.347 e. The molecule has 2 aromatic rings. The van der Waals surface area contributed by atoms with E-state index in [1.165, 1.54) is 0 Å². The molecule has 1 aliphatic heterocycles. The van der Waals surface area contributed by atoms with Crippen molar-refractivity contribution >= 4 is 11.6 Å². The van der Waals surface area contributed by atoms with Crippen molar-refractivity contribution < 1.29 is 4.79 Å². The molecule has 24 heavy (non-hydrogen) atoms. The Labute approximate surface area is 140 Å². The van der Waals surface area contributed by atoms with Crippen molar-refractivity contribution in [3.8, 4) is 0 Å². The molecule has 0 radical (unpaired) electrons. The molecule has 0 aliphatic carbocycles. The van der Waals surface area contributed by atoms with Crippen molar-refractivity contribution in [1.29, 1.82) is 0 Å². The van der Waals surface area contributed by atoms with Crippen LogP contribution in [0.2, 0.25) is 0 Å². The average Bonchev–Trinajstić information content (AvgIpc) is 2.81. The Balaban J connectivity index is 2.12. The number of aromatic amines is 1. The molecular formula is C17H25N5O2. The Morgan fingerprint density at radius 3 is 2.62 bits per heavy atom. The SMILES string of the molecule is Cc1nn2c(C3CCNCC3)cc(=O)[nH]c2c1C(=O)NC(C)(C)C. The number of carbonyl (C=O) groups is 1. The van der Waals surface area contributed by atoms with Gasteiger partial charge in [0, 0.05) is 17.5 Å². The molecule has 0 aromatic carbocycles. The van der Waals surface area contributed by atoms with Crippen LogP contribution in [0.1, 0.15) is 61.3 Å². The first-order valence-electron chi connectivity index (χ1n) is 8.42. The van der Waals surface area contributed by atoms with E-state index in [0.717, 1.165) is 31.6 Å². The Morgan fingerprint density at radius 2 is 2.00 bits per heavy atom. The van der Waals surface area contributed by atoms with E-state index >= 15 is 0 Å². The van der Waals surface area contributed by atoms with Crippen molar-refractivity contribution in [2.75, 3.05) is 13.1 Å². The number of hydrogen-bond donors (Lipinski definition) is 3. The Bertz CT molecular complexity index is 822. The van der Waals surface area contributed by atoms with E-state index in [0.29, 0.717) is 16.9 Å². The highest BCUT2D eigenvalue weighted by molar-refractivity contribution is 6.01. The lowest BCUT2D eigenvalue weighted by atomic mass is 9.94. The van der Waals surface area contributed by atoms with Crippen molar-refractivity contribution in [2.45, 2.75) is 52.0 Å². The van der Waals surface area contributed by atoms with E-state index in [-0.39, 0.29) is 22.9 Å². The smallest absolute Gasteiger partial charge is 0.257 e. The zero-order valence-corrected chi connectivity index (χ0v) is 14.7. The first kappa shape index (κ1) is 16.7. The lowest BCUT2D eigenvalue weighted by molar-refractivity contribution is 0.0920. The van der Waals surface area contributed by atoms with Gasteiger partial charge in [-0.2, -0.15) is 5.10 Å². The van der Waals surface area contributed by atoms with E-state index < -0.39 is 0 Å². The summed E-state index contributed by atoms with van der Waals surface area (Å²) in [7, 11) is 0. The maximum Gasteiger partial charge on any atom is 0.257 e. The van der Waals surface area contributed by atoms with Crippen molar-refractivity contribution in [3.05, 3.63) is 33.4 Å². The maximum atomic E-state index is 12.7. The molecule has 1 fully saturated rings. The number of nitrogens with zero attached hydrogens (tertiary/aromatic N) is 2. The number of H-pyrrole nitrogens is 1. The van der Waals surface area contributed by atoms with E-state index in [4.69, 9.17) is 0 Å². The van der Waals surface area contributed by atoms with Crippen LogP contribution in [0.3, 0.4) is 0 Å². The molecule has 3 heterocycles. The minimum atomic E-state index is -0.356. The second-order valence-electron chi connectivity index (χ2n) is 7.51. The van der Waals surface area contributed by atoms with E-state index in [2.05, 4.69) is 20.7 Å². The number of aromatic nitrogens is 3. The van der Waals surface area contributed by atoms with Gasteiger partial charge in [-0.3, -0.25) is 9.59 Å². The van der Waals surface area contributed by atoms with Gasteiger partial charge in [-0.05, 0) is 53.6 Å². The third-order valence-electron chi connectivity index (χ3n) is 4.30. The summed E-state index contributed by atoms with van der Waals surface area (Å²) in [5.74, 6) is 0.0574. The molecule has 7 nitrogen and oxygen atoms in total. The van der Waals surface area contributed by atoms with Crippen LogP contribution in [0.4, 0.5) is 0 Å². The van der Waals surface area contributed by atoms with Crippen LogP contribution in [-0.2, 0) is 0 Å². The molecule has 3 N–H and O–H groups in total. The summed E-state index contributed by atoms with van der Waals surface area (Å²) in [4.78, 5) is 27.6. The molecule has 1 aliphatic rings. The maximum absolute atomic E-state index is 12.7. The average molecular weight is 331 g/mol. The van der Waals surface area contributed by atoms with Gasteiger partial charge in [0.1, 0.15) is 11.2 Å². The standard InChI is InChI=1S/C17H25N5O2/c1-10-14(16(24)20-17(2,3)4)15-19-13(23)9-12(22(15)21-10)11-5-7-18-8-6-11/h9,11,18H,5-8H2,1-4H3,(H,19,23)(H,20,24). The molecule has 0 bridgehead atoms. The Morgan fingerprint density at radius 1 is 1.33 bits per heavy atom. The summed E-state index contributed by atoms with van der Waals surface area (Å²) in [5.41, 5.74) is 1.88. The van der Waals surface area contributed by atoms with Crippen LogP contribution in [0, 0.1) is 6.92 Å². The molecule has 2 aromatic heterocycles. The van der Waals surface area contributed by atoms with E-state index in [1.807, 2.05) is 20.8 Å². The first-order valence-corrected chi connectivity index (χ1v) is 8.42. The third-order valence-corrected chi connectivity index (χ3v) is 4.30. The van der Waals surface area contributed by atoms with Gasteiger partial charge in [-0.15, -0.1) is 0 Å². The topological polar surface area (TPSA) is 91.3 Å². The van der Waals surface area contributed by atoms with Crippen molar-refractivity contribution in [2.24, 2.45) is 0 Å². The van der Waals surface area contributed by atoms with Crippen LogP contribution < -0.4 is 16.2 Å². The molecule has 3 rings (SSSR count). The number of piperidine rings is 1. The minimum absolute atomic E-state index is 0.194. The van der Waals surface area contributed by atoms with Gasteiger partial charge in [-0.1, -0.05) is 0 Å². The number of nitrogens with one attached hydrogen (secondary N) is 3. The summed E-state index contributed by atoms with van der Waals surface area (Å²) < 4.78 is 1.74. The van der Waals surface area contributed by atoms with Crippen molar-refractivity contribution in [3.63, 3.8) is 0 Å². The minimum Gasteiger partial charge on any atom is -0.347 e. The zero-order chi connectivity index (χ0) is 17.5. The second-order valence-corrected chi connectivity index (χ2v) is 7.51. The highest BCUT2D eigenvalue weighted by atomic mass is 16.2. The van der Waals surface area contributed by atoms with Crippen LogP contribution in [-0.4, -0.2) is 39.1 Å². The fraction of sp³-hybridized carbons (Fsp3) is 0.588. The molecular weight excluding hydrogens is 306 g/mol. The molecule has 7 heteroatoms. The number of aryl methyl sites for hydroxylation is 1. The van der Waals surface area contributed by atoms with Crippen LogP contribution in [0.15, 0.2) is 10.9 Å². The summed E-state index contributed by atoms with van der Waals surface area (Å²) >= 11 is 0. The number of carbonyl (C=O) groups excluding carboxylic acids is 1. The molecule has 0 saturated carbocycles. The molecule has 130 valence electrons. The number of hydrogen-bond acceptors (Lipinski definition) is 4. The lowest BCUT2D eigenvalue weighted by Gasteiger charge is -2.23. The van der Waals surface area contributed by atoms with Gasteiger partial charge in [0.25, 0.3) is 11.5 Å². The van der Waals surface area contributed by atoms with Gasteiger partial charge < -0.3 is 15.6 Å². The van der Waals surface area contributed by atoms with Gasteiger partial charge in [0.2, 0.25) is 0 Å². The summed E-state index contributed by atoms with van der Waals surface area (Å²) in [6, 6.07) is 1.61. The van der Waals surface area contributed by atoms with Gasteiger partial charge in [0.05, 0.1) is 11.4 Å². The third kappa shape index (κ3) is 3.21. The highest BCUT2D eigenvalue weighted by Crippen LogP contribution is 2.26. The Kier molecular flexibility index (Phi) is 4.21.